The van der Waals surface area contributed by atoms with Gasteiger partial charge in [0.15, 0.2) is 0 Å². The molecule has 0 saturated carbocycles. The van der Waals surface area contributed by atoms with E-state index in [1.165, 1.54) is 0 Å². The van der Waals surface area contributed by atoms with Gasteiger partial charge in [-0.3, -0.25) is 0 Å². The van der Waals surface area contributed by atoms with Crippen molar-refractivity contribution in [3.63, 3.8) is 0 Å². The van der Waals surface area contributed by atoms with Crippen molar-refractivity contribution < 1.29 is 14.0 Å². The van der Waals surface area contributed by atoms with E-state index in [1.807, 2.05) is 45.1 Å². The molecule has 1 aromatic heterocycles. The highest BCUT2D eigenvalue weighted by Crippen LogP contribution is 2.05. The summed E-state index contributed by atoms with van der Waals surface area (Å²) < 4.78 is 16.3. The lowest BCUT2D eigenvalue weighted by Gasteiger charge is -2.06. The summed E-state index contributed by atoms with van der Waals surface area (Å²) in [6.07, 6.45) is 9.68. The summed E-state index contributed by atoms with van der Waals surface area (Å²) in [4.78, 5) is 0. The number of ether oxygens (including phenoxy) is 2. The summed E-state index contributed by atoms with van der Waals surface area (Å²) in [5.74, 6) is 1.79. The largest absolute Gasteiger partial charge is 0.498 e. The van der Waals surface area contributed by atoms with Gasteiger partial charge >= 0.3 is 0 Å². The van der Waals surface area contributed by atoms with E-state index in [4.69, 9.17) is 14.0 Å². The molecular weight excluding hydrogens is 290 g/mol. The summed E-state index contributed by atoms with van der Waals surface area (Å²) in [6, 6.07) is 1.97. The summed E-state index contributed by atoms with van der Waals surface area (Å²) in [6.45, 7) is 11.9. The predicted octanol–water partition coefficient (Wildman–Crippen LogP) is 4.77. The van der Waals surface area contributed by atoms with Crippen LogP contribution in [0.2, 0.25) is 0 Å². The normalized spacial score (nSPS) is 12.5. The summed E-state index contributed by atoms with van der Waals surface area (Å²) in [5, 5.41) is 3.96. The summed E-state index contributed by atoms with van der Waals surface area (Å²) in [7, 11) is 0. The van der Waals surface area contributed by atoms with Gasteiger partial charge < -0.3 is 14.0 Å². The van der Waals surface area contributed by atoms with E-state index in [2.05, 4.69) is 11.7 Å². The highest BCUT2D eigenvalue weighted by Gasteiger charge is 1.99. The van der Waals surface area contributed by atoms with E-state index < -0.39 is 0 Å². The predicted molar refractivity (Wildman–Crippen MR) is 93.3 cm³/mol. The summed E-state index contributed by atoms with van der Waals surface area (Å²) in [5.41, 5.74) is 2.13. The van der Waals surface area contributed by atoms with Gasteiger partial charge in [-0.2, -0.15) is 0 Å². The first kappa shape index (κ1) is 19.2. The molecular formula is C19H29NO3. The highest BCUT2D eigenvalue weighted by molar-refractivity contribution is 5.20. The average molecular weight is 319 g/mol. The Hall–Kier alpha value is -1.81. The molecule has 0 amide bonds. The Morgan fingerprint density at radius 2 is 1.91 bits per heavy atom. The van der Waals surface area contributed by atoms with Gasteiger partial charge in [-0.15, -0.1) is 0 Å². The molecule has 0 unspecified atom stereocenters. The average Bonchev–Trinajstić information content (AvgIpc) is 2.96. The number of rotatable bonds is 12. The molecule has 4 nitrogen and oxygen atoms in total. The van der Waals surface area contributed by atoms with Crippen LogP contribution in [0.3, 0.4) is 0 Å². The molecule has 128 valence electrons. The monoisotopic (exact) mass is 319 g/mol. The van der Waals surface area contributed by atoms with Crippen LogP contribution in [-0.2, 0) is 15.9 Å². The minimum absolute atomic E-state index is 0.727. The second kappa shape index (κ2) is 11.7. The number of hydrogen-bond acceptors (Lipinski definition) is 4. The van der Waals surface area contributed by atoms with Crippen molar-refractivity contribution in [2.75, 3.05) is 19.8 Å². The molecule has 0 N–H and O–H groups in total. The van der Waals surface area contributed by atoms with E-state index in [9.17, 15) is 0 Å². The smallest absolute Gasteiger partial charge is 0.133 e. The lowest BCUT2D eigenvalue weighted by Crippen LogP contribution is -2.01. The van der Waals surface area contributed by atoms with Crippen LogP contribution >= 0.6 is 0 Å². The van der Waals surface area contributed by atoms with E-state index in [0.29, 0.717) is 0 Å². The molecule has 0 aromatic carbocycles. The topological polar surface area (TPSA) is 44.5 Å². The Labute approximate surface area is 139 Å². The van der Waals surface area contributed by atoms with Gasteiger partial charge in [0.2, 0.25) is 0 Å². The molecule has 0 atom stereocenters. The maximum atomic E-state index is 5.63. The van der Waals surface area contributed by atoms with Gasteiger partial charge in [0.05, 0.1) is 18.1 Å². The van der Waals surface area contributed by atoms with Crippen molar-refractivity contribution in [3.8, 4) is 0 Å². The fourth-order valence-corrected chi connectivity index (χ4v) is 1.90. The Bertz CT molecular complexity index is 514. The van der Waals surface area contributed by atoms with Crippen LogP contribution in [0.15, 0.2) is 46.7 Å². The zero-order valence-corrected chi connectivity index (χ0v) is 14.6. The van der Waals surface area contributed by atoms with Crippen LogP contribution < -0.4 is 0 Å². The van der Waals surface area contributed by atoms with Gasteiger partial charge in [0, 0.05) is 19.3 Å². The highest BCUT2D eigenvalue weighted by atomic mass is 16.5. The van der Waals surface area contributed by atoms with E-state index >= 15 is 0 Å². The number of aryl methyl sites for hydroxylation is 2. The molecule has 0 aliphatic carbocycles. The third kappa shape index (κ3) is 9.74. The van der Waals surface area contributed by atoms with Gasteiger partial charge in [-0.05, 0) is 52.5 Å². The maximum Gasteiger partial charge on any atom is 0.133 e. The number of hydrogen-bond donors (Lipinski definition) is 0. The fourth-order valence-electron chi connectivity index (χ4n) is 1.90. The molecule has 4 heteroatoms. The molecule has 0 fully saturated rings. The third-order valence-electron chi connectivity index (χ3n) is 3.31. The van der Waals surface area contributed by atoms with Crippen LogP contribution in [0.25, 0.3) is 0 Å². The zero-order chi connectivity index (χ0) is 16.9. The Morgan fingerprint density at radius 1 is 1.17 bits per heavy atom. The van der Waals surface area contributed by atoms with Crippen molar-refractivity contribution in [3.05, 3.63) is 53.7 Å². The van der Waals surface area contributed by atoms with Crippen molar-refractivity contribution >= 4 is 0 Å². The number of allylic oxidation sites excluding steroid dienone is 5. The number of aromatic nitrogens is 1. The molecule has 23 heavy (non-hydrogen) atoms. The molecule has 0 bridgehead atoms. The van der Waals surface area contributed by atoms with Crippen molar-refractivity contribution in [1.29, 1.82) is 0 Å². The van der Waals surface area contributed by atoms with Crippen LogP contribution in [0.5, 0.6) is 0 Å². The number of unbranched alkanes of at least 4 members (excludes halogenated alkanes) is 1. The second-order valence-electron chi connectivity index (χ2n) is 5.59. The van der Waals surface area contributed by atoms with Gasteiger partial charge in [-0.25, -0.2) is 0 Å². The minimum atomic E-state index is 0.727. The van der Waals surface area contributed by atoms with E-state index in [0.717, 1.165) is 68.3 Å². The molecule has 1 rings (SSSR count). The molecule has 0 spiro atoms. The minimum Gasteiger partial charge on any atom is -0.498 e. The molecule has 0 saturated heterocycles. The Kier molecular flexibility index (Phi) is 9.80. The van der Waals surface area contributed by atoms with E-state index in [-0.39, 0.29) is 0 Å². The first-order valence-electron chi connectivity index (χ1n) is 8.22. The van der Waals surface area contributed by atoms with Crippen molar-refractivity contribution in [1.82, 2.24) is 5.16 Å². The zero-order valence-electron chi connectivity index (χ0n) is 14.6. The van der Waals surface area contributed by atoms with Gasteiger partial charge in [-0.1, -0.05) is 29.5 Å². The fraction of sp³-hybridized carbons (Fsp3) is 0.526. The first-order valence-corrected chi connectivity index (χ1v) is 8.22. The van der Waals surface area contributed by atoms with Crippen LogP contribution in [0.4, 0.5) is 0 Å². The molecule has 1 heterocycles. The molecule has 0 aliphatic heterocycles. The lowest BCUT2D eigenvalue weighted by molar-refractivity contribution is 0.119. The van der Waals surface area contributed by atoms with Crippen molar-refractivity contribution in [2.24, 2.45) is 0 Å². The first-order chi connectivity index (χ1) is 11.1. The van der Waals surface area contributed by atoms with Crippen LogP contribution in [0.1, 0.15) is 44.6 Å². The Balaban J connectivity index is 1.94. The summed E-state index contributed by atoms with van der Waals surface area (Å²) >= 11 is 0. The quantitative estimate of drug-likeness (QED) is 0.316. The second-order valence-corrected chi connectivity index (χ2v) is 5.59. The van der Waals surface area contributed by atoms with Crippen LogP contribution in [0, 0.1) is 6.92 Å². The lowest BCUT2D eigenvalue weighted by atomic mass is 10.2. The number of nitrogens with zero attached hydrogens (tertiary/aromatic N) is 1. The Morgan fingerprint density at radius 3 is 2.61 bits per heavy atom. The molecule has 1 aromatic rings. The van der Waals surface area contributed by atoms with E-state index in [1.54, 1.807) is 0 Å². The maximum absolute atomic E-state index is 5.63. The van der Waals surface area contributed by atoms with Gasteiger partial charge in [0.1, 0.15) is 5.76 Å². The molecule has 0 aliphatic rings. The SMILES string of the molecule is C=C/C(C)=C\C=C(/C)OCCCCOCCCc1cc(C)on1. The van der Waals surface area contributed by atoms with Crippen LogP contribution in [-0.4, -0.2) is 25.0 Å². The molecule has 0 radical (unpaired) electrons. The van der Waals surface area contributed by atoms with Crippen molar-refractivity contribution in [2.45, 2.75) is 46.5 Å². The third-order valence-corrected chi connectivity index (χ3v) is 3.31. The standard InChI is InChI=1S/C19H29NO3/c1-5-16(2)10-11-17(3)22-14-7-6-12-21-13-8-9-19-15-18(4)23-20-19/h5,10-11,15H,1,6-9,12-14H2,2-4H3/b16-10-,17-11+. The van der Waals surface area contributed by atoms with Gasteiger partial charge in [0.25, 0.3) is 0 Å².